The number of rotatable bonds is 9. The summed E-state index contributed by atoms with van der Waals surface area (Å²) in [5.74, 6) is 1.16. The first kappa shape index (κ1) is 18.1. The third-order valence-corrected chi connectivity index (χ3v) is 2.96. The average Bonchev–Trinajstić information content (AvgIpc) is 2.11. The Hall–Kier alpha value is -0.860. The molecule has 0 spiro atoms. The summed E-state index contributed by atoms with van der Waals surface area (Å²) < 4.78 is 5.46. The van der Waals surface area contributed by atoms with E-state index in [1.165, 1.54) is 6.92 Å². The van der Waals surface area contributed by atoms with Gasteiger partial charge < -0.3 is 4.74 Å². The van der Waals surface area contributed by atoms with Crippen molar-refractivity contribution in [3.63, 3.8) is 0 Å². The average molecular weight is 270 g/mol. The van der Waals surface area contributed by atoms with Gasteiger partial charge in [0.25, 0.3) is 0 Å². The Bertz CT molecular complexity index is 282. The Morgan fingerprint density at radius 3 is 1.84 bits per heavy atom. The normalized spacial score (nSPS) is 14.5. The van der Waals surface area contributed by atoms with Crippen LogP contribution in [0.4, 0.5) is 0 Å². The molecule has 19 heavy (non-hydrogen) atoms. The van der Waals surface area contributed by atoms with Gasteiger partial charge in [-0.1, -0.05) is 34.6 Å². The predicted octanol–water partition coefficient (Wildman–Crippen LogP) is 4.00. The third kappa shape index (κ3) is 10.7. The van der Waals surface area contributed by atoms with Crippen LogP contribution in [0.1, 0.15) is 67.2 Å². The molecule has 0 fully saturated rings. The van der Waals surface area contributed by atoms with Gasteiger partial charge >= 0.3 is 5.97 Å². The highest BCUT2D eigenvalue weighted by molar-refractivity contribution is 5.94. The van der Waals surface area contributed by atoms with Gasteiger partial charge in [-0.2, -0.15) is 0 Å². The minimum absolute atomic E-state index is 0.0550. The summed E-state index contributed by atoms with van der Waals surface area (Å²) in [7, 11) is 0. The van der Waals surface area contributed by atoms with Crippen LogP contribution in [-0.4, -0.2) is 17.9 Å². The lowest BCUT2D eigenvalue weighted by Crippen LogP contribution is -2.24. The van der Waals surface area contributed by atoms with Gasteiger partial charge in [-0.25, -0.2) is 0 Å². The molecule has 0 aromatic heterocycles. The molecule has 0 radical (unpaired) electrons. The first-order valence-electron chi connectivity index (χ1n) is 7.39. The van der Waals surface area contributed by atoms with Crippen LogP contribution in [-0.2, 0) is 14.3 Å². The molecule has 0 aliphatic rings. The van der Waals surface area contributed by atoms with Gasteiger partial charge in [0.15, 0.2) is 0 Å². The van der Waals surface area contributed by atoms with Crippen LogP contribution in [0.5, 0.6) is 0 Å². The van der Waals surface area contributed by atoms with Crippen LogP contribution in [0.3, 0.4) is 0 Å². The Morgan fingerprint density at radius 1 is 0.895 bits per heavy atom. The smallest absolute Gasteiger partial charge is 0.313 e. The molecule has 3 nitrogen and oxygen atoms in total. The highest BCUT2D eigenvalue weighted by atomic mass is 16.5. The van der Waals surface area contributed by atoms with Gasteiger partial charge in [0.2, 0.25) is 0 Å². The zero-order valence-corrected chi connectivity index (χ0v) is 13.4. The molecule has 112 valence electrons. The maximum atomic E-state index is 11.6. The molecule has 0 saturated heterocycles. The topological polar surface area (TPSA) is 43.4 Å². The number of ketones is 1. The fourth-order valence-electron chi connectivity index (χ4n) is 2.50. The molecule has 0 N–H and O–H groups in total. The molecule has 2 atom stereocenters. The van der Waals surface area contributed by atoms with E-state index < -0.39 is 0 Å². The molecule has 0 amide bonds. The van der Waals surface area contributed by atoms with Crippen molar-refractivity contribution in [2.75, 3.05) is 0 Å². The summed E-state index contributed by atoms with van der Waals surface area (Å²) in [6.45, 7) is 12.3. The molecule has 0 saturated carbocycles. The van der Waals surface area contributed by atoms with E-state index >= 15 is 0 Å². The molecule has 0 bridgehead atoms. The van der Waals surface area contributed by atoms with Gasteiger partial charge in [0.05, 0.1) is 0 Å². The van der Waals surface area contributed by atoms with Crippen molar-refractivity contribution in [3.8, 4) is 0 Å². The maximum Gasteiger partial charge on any atom is 0.313 e. The number of esters is 1. The molecular weight excluding hydrogens is 240 g/mol. The summed E-state index contributed by atoms with van der Waals surface area (Å²) in [5, 5.41) is 0. The molecule has 0 aliphatic carbocycles. The number of ether oxygens (including phenoxy) is 1. The van der Waals surface area contributed by atoms with E-state index in [9.17, 15) is 9.59 Å². The molecule has 0 unspecified atom stereocenters. The summed E-state index contributed by atoms with van der Waals surface area (Å²) in [6.07, 6.45) is 2.73. The van der Waals surface area contributed by atoms with Crippen molar-refractivity contribution in [3.05, 3.63) is 0 Å². The summed E-state index contributed by atoms with van der Waals surface area (Å²) in [6, 6.07) is 0. The van der Waals surface area contributed by atoms with Crippen molar-refractivity contribution < 1.29 is 14.3 Å². The second-order valence-corrected chi connectivity index (χ2v) is 6.59. The van der Waals surface area contributed by atoms with Gasteiger partial charge in [-0.15, -0.1) is 0 Å². The Labute approximate surface area is 118 Å². The van der Waals surface area contributed by atoms with E-state index in [2.05, 4.69) is 34.6 Å². The van der Waals surface area contributed by atoms with E-state index in [4.69, 9.17) is 4.74 Å². The molecule has 0 aromatic carbocycles. The van der Waals surface area contributed by atoms with E-state index in [-0.39, 0.29) is 24.3 Å². The van der Waals surface area contributed by atoms with E-state index in [1.54, 1.807) is 0 Å². The van der Waals surface area contributed by atoms with E-state index in [1.807, 2.05) is 0 Å². The number of carbonyl (C=O) groups excluding carboxylic acids is 2. The van der Waals surface area contributed by atoms with Crippen LogP contribution in [0.15, 0.2) is 0 Å². The van der Waals surface area contributed by atoms with E-state index in [0.717, 1.165) is 19.3 Å². The quantitative estimate of drug-likeness (QED) is 0.470. The Morgan fingerprint density at radius 2 is 1.42 bits per heavy atom. The zero-order valence-electron chi connectivity index (χ0n) is 13.4. The first-order valence-corrected chi connectivity index (χ1v) is 7.39. The van der Waals surface area contributed by atoms with Gasteiger partial charge in [-0.05, 0) is 43.9 Å². The lowest BCUT2D eigenvalue weighted by molar-refractivity contribution is -0.152. The molecule has 0 aromatic rings. The van der Waals surface area contributed by atoms with Crippen LogP contribution < -0.4 is 0 Å². The molecular formula is C16H30O3. The minimum Gasteiger partial charge on any atom is -0.462 e. The zero-order chi connectivity index (χ0) is 15.0. The second-order valence-electron chi connectivity index (χ2n) is 6.59. The van der Waals surface area contributed by atoms with Crippen molar-refractivity contribution in [1.82, 2.24) is 0 Å². The Balaban J connectivity index is 4.37. The summed E-state index contributed by atoms with van der Waals surface area (Å²) in [4.78, 5) is 22.5. The second kappa shape index (κ2) is 9.11. The SMILES string of the molecule is CC(=O)CC(=O)O[C@H](CC(C)C)C[C@@H](C)CC(C)C. The summed E-state index contributed by atoms with van der Waals surface area (Å²) >= 11 is 0. The Kier molecular flexibility index (Phi) is 8.70. The largest absolute Gasteiger partial charge is 0.462 e. The van der Waals surface area contributed by atoms with Crippen molar-refractivity contribution >= 4 is 11.8 Å². The van der Waals surface area contributed by atoms with Crippen molar-refractivity contribution in [2.24, 2.45) is 17.8 Å². The van der Waals surface area contributed by atoms with Gasteiger partial charge in [0, 0.05) is 0 Å². The number of carbonyl (C=O) groups is 2. The highest BCUT2D eigenvalue weighted by Gasteiger charge is 2.20. The molecule has 0 aliphatic heterocycles. The lowest BCUT2D eigenvalue weighted by Gasteiger charge is -2.23. The van der Waals surface area contributed by atoms with Crippen LogP contribution >= 0.6 is 0 Å². The summed E-state index contributed by atoms with van der Waals surface area (Å²) in [5.41, 5.74) is 0. The fourth-order valence-corrected chi connectivity index (χ4v) is 2.50. The number of hydrogen-bond donors (Lipinski definition) is 0. The van der Waals surface area contributed by atoms with Crippen LogP contribution in [0.2, 0.25) is 0 Å². The van der Waals surface area contributed by atoms with Crippen molar-refractivity contribution in [1.29, 1.82) is 0 Å². The highest BCUT2D eigenvalue weighted by Crippen LogP contribution is 2.22. The predicted molar refractivity (Wildman–Crippen MR) is 77.9 cm³/mol. The van der Waals surface area contributed by atoms with Gasteiger partial charge in [0.1, 0.15) is 18.3 Å². The minimum atomic E-state index is -0.380. The number of hydrogen-bond acceptors (Lipinski definition) is 3. The molecule has 0 rings (SSSR count). The van der Waals surface area contributed by atoms with Crippen LogP contribution in [0, 0.1) is 17.8 Å². The maximum absolute atomic E-state index is 11.6. The van der Waals surface area contributed by atoms with E-state index in [0.29, 0.717) is 17.8 Å². The molecule has 3 heteroatoms. The fraction of sp³-hybridized carbons (Fsp3) is 0.875. The molecule has 0 heterocycles. The monoisotopic (exact) mass is 270 g/mol. The first-order chi connectivity index (χ1) is 8.70. The van der Waals surface area contributed by atoms with Crippen LogP contribution in [0.25, 0.3) is 0 Å². The lowest BCUT2D eigenvalue weighted by atomic mass is 9.91. The standard InChI is InChI=1S/C16H30O3/c1-11(2)7-13(5)9-15(8-12(3)4)19-16(18)10-14(6)17/h11-13,15H,7-10H2,1-6H3/t13-,15+/m0/s1. The third-order valence-electron chi connectivity index (χ3n) is 2.96. The van der Waals surface area contributed by atoms with Gasteiger partial charge in [-0.3, -0.25) is 9.59 Å². The van der Waals surface area contributed by atoms with Crippen molar-refractivity contribution in [2.45, 2.75) is 73.3 Å². The number of Topliss-reactive ketones (excluding diaryl/α,β-unsaturated/α-hetero) is 1.